The van der Waals surface area contributed by atoms with Crippen LogP contribution in [-0.2, 0) is 18.9 Å². The van der Waals surface area contributed by atoms with E-state index in [9.17, 15) is 26.3 Å². The summed E-state index contributed by atoms with van der Waals surface area (Å²) in [5, 5.41) is 5.63. The fraction of sp³-hybridized carbons (Fsp3) is 0.435. The Bertz CT molecular complexity index is 913. The quantitative estimate of drug-likeness (QED) is 0.373. The molecule has 0 amide bonds. The number of nitrogens with zero attached hydrogens (tertiary/aromatic N) is 1. The van der Waals surface area contributed by atoms with Gasteiger partial charge in [0.1, 0.15) is 0 Å². The van der Waals surface area contributed by atoms with Gasteiger partial charge in [0.05, 0.1) is 11.1 Å². The summed E-state index contributed by atoms with van der Waals surface area (Å²) in [7, 11) is 2.00. The second-order valence-corrected chi connectivity index (χ2v) is 8.66. The lowest BCUT2D eigenvalue weighted by Crippen LogP contribution is -2.52. The van der Waals surface area contributed by atoms with Crippen LogP contribution in [0.4, 0.5) is 32.0 Å². The van der Waals surface area contributed by atoms with Gasteiger partial charge in [0.25, 0.3) is 0 Å². The van der Waals surface area contributed by atoms with E-state index in [2.05, 4.69) is 15.5 Å². The van der Waals surface area contributed by atoms with Crippen molar-refractivity contribution < 1.29 is 26.3 Å². The van der Waals surface area contributed by atoms with Gasteiger partial charge in [0.2, 0.25) is 0 Å². The zero-order chi connectivity index (χ0) is 24.2. The molecule has 0 aliphatic heterocycles. The second-order valence-electron chi connectivity index (χ2n) is 8.25. The van der Waals surface area contributed by atoms with Crippen molar-refractivity contribution in [3.05, 3.63) is 65.2 Å². The van der Waals surface area contributed by atoms with Crippen molar-refractivity contribution in [1.29, 1.82) is 0 Å². The Morgan fingerprint density at radius 3 is 2.09 bits per heavy atom. The lowest BCUT2D eigenvalue weighted by atomic mass is 9.89. The Morgan fingerprint density at radius 2 is 1.52 bits per heavy atom. The number of anilines is 1. The van der Waals surface area contributed by atoms with E-state index in [1.807, 2.05) is 37.4 Å². The fourth-order valence-electron chi connectivity index (χ4n) is 4.16. The molecule has 0 radical (unpaired) electrons. The van der Waals surface area contributed by atoms with Crippen molar-refractivity contribution in [3.8, 4) is 0 Å². The van der Waals surface area contributed by atoms with Crippen LogP contribution in [0.3, 0.4) is 0 Å². The maximum atomic E-state index is 13.1. The molecule has 0 aromatic heterocycles. The van der Waals surface area contributed by atoms with Crippen LogP contribution < -0.4 is 10.6 Å². The molecule has 0 heterocycles. The molecule has 1 saturated carbocycles. The molecule has 10 heteroatoms. The Morgan fingerprint density at radius 1 is 0.939 bits per heavy atom. The Balaban J connectivity index is 1.72. The van der Waals surface area contributed by atoms with Crippen molar-refractivity contribution in [1.82, 2.24) is 10.2 Å². The summed E-state index contributed by atoms with van der Waals surface area (Å²) < 4.78 is 78.7. The molecule has 0 saturated heterocycles. The first kappa shape index (κ1) is 25.3. The molecule has 2 N–H and O–H groups in total. The van der Waals surface area contributed by atoms with Gasteiger partial charge in [-0.1, -0.05) is 43.2 Å². The summed E-state index contributed by atoms with van der Waals surface area (Å²) in [5.74, 6) is 0. The molecule has 2 atom stereocenters. The zero-order valence-electron chi connectivity index (χ0n) is 17.9. The molecule has 0 unspecified atom stereocenters. The molecule has 2 aromatic rings. The first-order valence-corrected chi connectivity index (χ1v) is 11.0. The van der Waals surface area contributed by atoms with Gasteiger partial charge in [-0.25, -0.2) is 0 Å². The van der Waals surface area contributed by atoms with Crippen LogP contribution in [0.15, 0.2) is 48.5 Å². The average Bonchev–Trinajstić information content (AvgIpc) is 2.73. The van der Waals surface area contributed by atoms with E-state index in [1.54, 1.807) is 0 Å². The van der Waals surface area contributed by atoms with Crippen LogP contribution in [0.25, 0.3) is 0 Å². The molecule has 3 rings (SSSR count). The summed E-state index contributed by atoms with van der Waals surface area (Å²) in [5.41, 5.74) is -1.99. The summed E-state index contributed by atoms with van der Waals surface area (Å²) in [6, 6.07) is 11.3. The third kappa shape index (κ3) is 7.07. The van der Waals surface area contributed by atoms with Crippen LogP contribution in [0.1, 0.15) is 42.4 Å². The highest BCUT2D eigenvalue weighted by atomic mass is 32.1. The lowest BCUT2D eigenvalue weighted by Gasteiger charge is -2.39. The van der Waals surface area contributed by atoms with E-state index >= 15 is 0 Å². The average molecular weight is 490 g/mol. The van der Waals surface area contributed by atoms with Crippen LogP contribution >= 0.6 is 12.2 Å². The third-order valence-corrected chi connectivity index (χ3v) is 5.95. The van der Waals surface area contributed by atoms with Gasteiger partial charge in [-0.3, -0.25) is 4.90 Å². The van der Waals surface area contributed by atoms with Crippen LogP contribution in [0.5, 0.6) is 0 Å². The highest BCUT2D eigenvalue weighted by molar-refractivity contribution is 7.80. The summed E-state index contributed by atoms with van der Waals surface area (Å²) in [6.07, 6.45) is -6.14. The fourth-order valence-corrected chi connectivity index (χ4v) is 4.43. The Labute approximate surface area is 194 Å². The number of benzene rings is 2. The maximum absolute atomic E-state index is 13.1. The zero-order valence-corrected chi connectivity index (χ0v) is 18.7. The summed E-state index contributed by atoms with van der Waals surface area (Å²) in [4.78, 5) is 2.20. The van der Waals surface area contributed by atoms with Gasteiger partial charge >= 0.3 is 12.4 Å². The standard InChI is InChI=1S/C23H25F6N3S/c1-32(14-15-7-3-2-4-8-15)20-10-6-5-9-19(20)31-21(33)30-18-12-16(22(24,25)26)11-17(13-18)23(27,28)29/h2-4,7-8,11-13,19-20H,5-6,9-10,14H2,1H3,(H2,30,31,33)/t19-,20-/m1/s1. The van der Waals surface area contributed by atoms with Crippen molar-refractivity contribution in [3.63, 3.8) is 0 Å². The first-order valence-electron chi connectivity index (χ1n) is 10.5. The number of nitrogens with one attached hydrogen (secondary N) is 2. The molecular formula is C23H25F6N3S. The SMILES string of the molecule is CN(Cc1ccccc1)[C@@H]1CCCC[C@H]1NC(=S)Nc1cc(C(F)(F)F)cc(C(F)(F)F)c1. The van der Waals surface area contributed by atoms with E-state index in [1.165, 1.54) is 0 Å². The molecule has 180 valence electrons. The Kier molecular flexibility index (Phi) is 7.89. The molecule has 1 aliphatic carbocycles. The van der Waals surface area contributed by atoms with Crippen LogP contribution in [0, 0.1) is 0 Å². The number of likely N-dealkylation sites (N-methyl/N-ethyl adjacent to an activating group) is 1. The number of alkyl halides is 6. The predicted molar refractivity (Wildman–Crippen MR) is 120 cm³/mol. The van der Waals surface area contributed by atoms with Crippen molar-refractivity contribution in [2.45, 2.75) is 56.7 Å². The van der Waals surface area contributed by atoms with Gasteiger partial charge in [0.15, 0.2) is 5.11 Å². The lowest BCUT2D eigenvalue weighted by molar-refractivity contribution is -0.143. The molecular weight excluding hydrogens is 464 g/mol. The highest BCUT2D eigenvalue weighted by Crippen LogP contribution is 2.37. The molecule has 33 heavy (non-hydrogen) atoms. The molecule has 3 nitrogen and oxygen atoms in total. The van der Waals surface area contributed by atoms with Gasteiger partial charge < -0.3 is 10.6 Å². The largest absolute Gasteiger partial charge is 0.416 e. The van der Waals surface area contributed by atoms with E-state index in [0.717, 1.165) is 31.2 Å². The minimum Gasteiger partial charge on any atom is -0.358 e. The van der Waals surface area contributed by atoms with Crippen LogP contribution in [-0.4, -0.2) is 29.1 Å². The monoisotopic (exact) mass is 489 g/mol. The summed E-state index contributed by atoms with van der Waals surface area (Å²) in [6.45, 7) is 0.715. The topological polar surface area (TPSA) is 27.3 Å². The number of hydrogen-bond donors (Lipinski definition) is 2. The van der Waals surface area contributed by atoms with Crippen LogP contribution in [0.2, 0.25) is 0 Å². The van der Waals surface area contributed by atoms with E-state index in [0.29, 0.717) is 18.7 Å². The number of hydrogen-bond acceptors (Lipinski definition) is 2. The van der Waals surface area contributed by atoms with Crippen molar-refractivity contribution >= 4 is 23.0 Å². The van der Waals surface area contributed by atoms with Crippen molar-refractivity contribution in [2.75, 3.05) is 12.4 Å². The van der Waals surface area contributed by atoms with E-state index in [4.69, 9.17) is 12.2 Å². The van der Waals surface area contributed by atoms with Crippen molar-refractivity contribution in [2.24, 2.45) is 0 Å². The predicted octanol–water partition coefficient (Wildman–Crippen LogP) is 6.45. The van der Waals surface area contributed by atoms with E-state index in [-0.39, 0.29) is 28.9 Å². The number of thiocarbonyl (C=S) groups is 1. The first-order chi connectivity index (χ1) is 15.4. The Hall–Kier alpha value is -2.33. The highest BCUT2D eigenvalue weighted by Gasteiger charge is 2.37. The summed E-state index contributed by atoms with van der Waals surface area (Å²) >= 11 is 5.26. The maximum Gasteiger partial charge on any atom is 0.416 e. The second kappa shape index (κ2) is 10.3. The molecule has 1 fully saturated rings. The third-order valence-electron chi connectivity index (χ3n) is 5.73. The van der Waals surface area contributed by atoms with Gasteiger partial charge in [-0.15, -0.1) is 0 Å². The number of halogens is 6. The van der Waals surface area contributed by atoms with E-state index < -0.39 is 23.5 Å². The molecule has 2 aromatic carbocycles. The number of rotatable bonds is 5. The molecule has 0 spiro atoms. The molecule has 0 bridgehead atoms. The van der Waals surface area contributed by atoms with Gasteiger partial charge in [0, 0.05) is 24.3 Å². The van der Waals surface area contributed by atoms with Gasteiger partial charge in [-0.05, 0) is 55.9 Å². The smallest absolute Gasteiger partial charge is 0.358 e. The van der Waals surface area contributed by atoms with Gasteiger partial charge in [-0.2, -0.15) is 26.3 Å². The normalized spacial score (nSPS) is 19.4. The minimum atomic E-state index is -4.92. The minimum absolute atomic E-state index is 0.00698. The molecule has 1 aliphatic rings.